The fraction of sp³-hybridized carbons (Fsp3) is 0.273. The molecule has 0 saturated carbocycles. The molecule has 2 atom stereocenters. The molecule has 4 aromatic carbocycles. The van der Waals surface area contributed by atoms with Crippen LogP contribution < -0.4 is 15.8 Å². The molecule has 1 heterocycles. The van der Waals surface area contributed by atoms with Gasteiger partial charge in [0, 0.05) is 13.0 Å². The number of rotatable bonds is 10. The molecule has 200 valence electrons. The van der Waals surface area contributed by atoms with E-state index in [2.05, 4.69) is 29.6 Å². The number of nitrogens with one attached hydrogen (secondary N) is 1. The first-order valence-corrected chi connectivity index (χ1v) is 13.6. The molecule has 39 heavy (non-hydrogen) atoms. The van der Waals surface area contributed by atoms with E-state index in [4.69, 9.17) is 10.5 Å². The summed E-state index contributed by atoms with van der Waals surface area (Å²) in [4.78, 5) is 28.8. The first-order chi connectivity index (χ1) is 19.0. The number of aryl methyl sites for hydroxylation is 1. The number of piperazine rings is 1. The van der Waals surface area contributed by atoms with Crippen molar-refractivity contribution in [1.29, 1.82) is 0 Å². The minimum atomic E-state index is -0.604. The van der Waals surface area contributed by atoms with Crippen LogP contribution in [-0.2, 0) is 22.6 Å². The van der Waals surface area contributed by atoms with Gasteiger partial charge in [-0.1, -0.05) is 72.8 Å². The monoisotopic (exact) mass is 521 g/mol. The summed E-state index contributed by atoms with van der Waals surface area (Å²) in [5.41, 5.74) is 8.72. The average molecular weight is 522 g/mol. The van der Waals surface area contributed by atoms with Crippen LogP contribution in [-0.4, -0.2) is 35.3 Å². The number of nitrogens with two attached hydrogens (primary N) is 1. The van der Waals surface area contributed by atoms with Gasteiger partial charge in [0.2, 0.25) is 11.8 Å². The van der Waals surface area contributed by atoms with Gasteiger partial charge in [0.15, 0.2) is 0 Å². The van der Waals surface area contributed by atoms with Gasteiger partial charge in [-0.05, 0) is 78.4 Å². The van der Waals surface area contributed by atoms with E-state index >= 15 is 0 Å². The number of carbonyl (C=O) groups is 2. The third-order valence-corrected chi connectivity index (χ3v) is 7.36. The van der Waals surface area contributed by atoms with Crippen molar-refractivity contribution in [2.45, 2.75) is 51.2 Å². The van der Waals surface area contributed by atoms with E-state index in [1.807, 2.05) is 73.7 Å². The first kappa shape index (κ1) is 26.4. The topological polar surface area (TPSA) is 84.7 Å². The van der Waals surface area contributed by atoms with Gasteiger partial charge >= 0.3 is 0 Å². The van der Waals surface area contributed by atoms with Gasteiger partial charge in [0.1, 0.15) is 23.6 Å². The smallest absolute Gasteiger partial charge is 0.246 e. The highest BCUT2D eigenvalue weighted by Crippen LogP contribution is 2.27. The van der Waals surface area contributed by atoms with E-state index in [1.165, 1.54) is 0 Å². The van der Waals surface area contributed by atoms with Crippen molar-refractivity contribution in [1.82, 2.24) is 10.2 Å². The first-order valence-electron chi connectivity index (χ1n) is 13.6. The molecular formula is C33H35N3O3. The second-order valence-electron chi connectivity index (χ2n) is 10.2. The maximum atomic E-state index is 13.8. The Morgan fingerprint density at radius 3 is 2.33 bits per heavy atom. The SMILES string of the molecule is Cc1ccccc1Oc1ccc(CN2C(=O)C(Cc3ccc4ccccc4c3)NC(=O)C2CCCCN)cc1. The lowest BCUT2D eigenvalue weighted by molar-refractivity contribution is -0.150. The summed E-state index contributed by atoms with van der Waals surface area (Å²) in [6, 6.07) is 28.8. The zero-order valence-electron chi connectivity index (χ0n) is 22.3. The van der Waals surface area contributed by atoms with Crippen molar-refractivity contribution in [2.75, 3.05) is 6.54 Å². The van der Waals surface area contributed by atoms with Gasteiger partial charge in [0.25, 0.3) is 0 Å². The molecule has 1 saturated heterocycles. The lowest BCUT2D eigenvalue weighted by Gasteiger charge is -2.39. The number of hydrogen-bond donors (Lipinski definition) is 2. The summed E-state index contributed by atoms with van der Waals surface area (Å²) in [5.74, 6) is 1.38. The summed E-state index contributed by atoms with van der Waals surface area (Å²) in [6.45, 7) is 2.93. The Morgan fingerprint density at radius 2 is 1.56 bits per heavy atom. The van der Waals surface area contributed by atoms with E-state index in [0.29, 0.717) is 25.9 Å². The summed E-state index contributed by atoms with van der Waals surface area (Å²) < 4.78 is 6.04. The molecule has 0 spiro atoms. The number of ether oxygens (including phenoxy) is 1. The normalized spacial score (nSPS) is 17.3. The van der Waals surface area contributed by atoms with Crippen molar-refractivity contribution in [3.8, 4) is 11.5 Å². The Bertz CT molecular complexity index is 1450. The van der Waals surface area contributed by atoms with E-state index in [-0.39, 0.29) is 11.8 Å². The maximum Gasteiger partial charge on any atom is 0.246 e. The Kier molecular flexibility index (Phi) is 8.23. The third kappa shape index (κ3) is 6.29. The third-order valence-electron chi connectivity index (χ3n) is 7.36. The van der Waals surface area contributed by atoms with Crippen LogP contribution in [0.4, 0.5) is 0 Å². The molecule has 5 rings (SSSR count). The van der Waals surface area contributed by atoms with Crippen LogP contribution in [0.15, 0.2) is 91.0 Å². The molecular weight excluding hydrogens is 486 g/mol. The van der Waals surface area contributed by atoms with Crippen molar-refractivity contribution in [2.24, 2.45) is 5.73 Å². The largest absolute Gasteiger partial charge is 0.457 e. The number of hydrogen-bond acceptors (Lipinski definition) is 4. The summed E-state index contributed by atoms with van der Waals surface area (Å²) in [7, 11) is 0. The molecule has 1 fully saturated rings. The Morgan fingerprint density at radius 1 is 0.846 bits per heavy atom. The zero-order valence-corrected chi connectivity index (χ0v) is 22.3. The van der Waals surface area contributed by atoms with Crippen LogP contribution in [0.2, 0.25) is 0 Å². The molecule has 2 amide bonds. The molecule has 0 aliphatic carbocycles. The lowest BCUT2D eigenvalue weighted by Crippen LogP contribution is -2.63. The summed E-state index contributed by atoms with van der Waals surface area (Å²) in [6.07, 6.45) is 2.64. The quantitative estimate of drug-likeness (QED) is 0.270. The lowest BCUT2D eigenvalue weighted by atomic mass is 9.96. The molecule has 2 unspecified atom stereocenters. The van der Waals surface area contributed by atoms with Crippen LogP contribution in [0.3, 0.4) is 0 Å². The van der Waals surface area contributed by atoms with Crippen LogP contribution >= 0.6 is 0 Å². The fourth-order valence-corrected chi connectivity index (χ4v) is 5.18. The van der Waals surface area contributed by atoms with Gasteiger partial charge in [0.05, 0.1) is 0 Å². The van der Waals surface area contributed by atoms with Gasteiger partial charge in [-0.15, -0.1) is 0 Å². The van der Waals surface area contributed by atoms with Crippen molar-refractivity contribution in [3.05, 3.63) is 108 Å². The van der Waals surface area contributed by atoms with Gasteiger partial charge < -0.3 is 20.7 Å². The molecule has 4 aromatic rings. The van der Waals surface area contributed by atoms with Crippen molar-refractivity contribution >= 4 is 22.6 Å². The number of para-hydroxylation sites is 1. The summed E-state index contributed by atoms with van der Waals surface area (Å²) in [5, 5.41) is 5.29. The minimum Gasteiger partial charge on any atom is -0.457 e. The van der Waals surface area contributed by atoms with E-state index in [0.717, 1.165) is 51.8 Å². The fourth-order valence-electron chi connectivity index (χ4n) is 5.18. The molecule has 0 bridgehead atoms. The number of amides is 2. The predicted octanol–water partition coefficient (Wildman–Crippen LogP) is 5.51. The second kappa shape index (κ2) is 12.1. The average Bonchev–Trinajstić information content (AvgIpc) is 2.95. The molecule has 6 nitrogen and oxygen atoms in total. The number of carbonyl (C=O) groups excluding carboxylic acids is 2. The van der Waals surface area contributed by atoms with Crippen LogP contribution in [0.25, 0.3) is 10.8 Å². The molecule has 1 aliphatic rings. The highest BCUT2D eigenvalue weighted by molar-refractivity contribution is 5.97. The zero-order chi connectivity index (χ0) is 27.2. The minimum absolute atomic E-state index is 0.0549. The Labute approximate surface area is 229 Å². The van der Waals surface area contributed by atoms with Crippen LogP contribution in [0.1, 0.15) is 36.0 Å². The number of benzene rings is 4. The van der Waals surface area contributed by atoms with E-state index in [9.17, 15) is 9.59 Å². The maximum absolute atomic E-state index is 13.8. The predicted molar refractivity (Wildman–Crippen MR) is 155 cm³/mol. The number of nitrogens with zero attached hydrogens (tertiary/aromatic N) is 1. The van der Waals surface area contributed by atoms with Crippen LogP contribution in [0, 0.1) is 6.92 Å². The molecule has 6 heteroatoms. The van der Waals surface area contributed by atoms with E-state index in [1.54, 1.807) is 4.90 Å². The van der Waals surface area contributed by atoms with Crippen molar-refractivity contribution in [3.63, 3.8) is 0 Å². The Balaban J connectivity index is 1.34. The standard InChI is InChI=1S/C33H35N3O3/c1-23-8-2-5-12-31(23)39-28-17-14-24(15-18-28)22-36-30(11-6-7-19-34)32(37)35-29(33(36)38)21-25-13-16-26-9-3-4-10-27(26)20-25/h2-5,8-10,12-18,20,29-30H,6-7,11,19,21-22,34H2,1H3,(H,35,37). The Hall–Kier alpha value is -4.16. The molecule has 0 radical (unpaired) electrons. The highest BCUT2D eigenvalue weighted by Gasteiger charge is 2.40. The van der Waals surface area contributed by atoms with Crippen molar-refractivity contribution < 1.29 is 14.3 Å². The molecule has 3 N–H and O–H groups in total. The second-order valence-corrected chi connectivity index (χ2v) is 10.2. The molecule has 0 aromatic heterocycles. The van der Waals surface area contributed by atoms with E-state index < -0.39 is 12.1 Å². The molecule has 1 aliphatic heterocycles. The van der Waals surface area contributed by atoms with Gasteiger partial charge in [-0.2, -0.15) is 0 Å². The van der Waals surface area contributed by atoms with Gasteiger partial charge in [-0.3, -0.25) is 9.59 Å². The number of fused-ring (bicyclic) bond motifs is 1. The summed E-state index contributed by atoms with van der Waals surface area (Å²) >= 11 is 0. The van der Waals surface area contributed by atoms with Crippen LogP contribution in [0.5, 0.6) is 11.5 Å². The highest BCUT2D eigenvalue weighted by atomic mass is 16.5. The number of unbranched alkanes of at least 4 members (excludes halogenated alkanes) is 1. The van der Waals surface area contributed by atoms with Gasteiger partial charge in [-0.25, -0.2) is 0 Å².